The number of amides is 1. The summed E-state index contributed by atoms with van der Waals surface area (Å²) in [5.74, 6) is 0.523. The van der Waals surface area contributed by atoms with Gasteiger partial charge < -0.3 is 15.2 Å². The molecule has 0 saturated carbocycles. The Balaban J connectivity index is 1.92. The zero-order valence-electron chi connectivity index (χ0n) is 14.3. The van der Waals surface area contributed by atoms with Crippen molar-refractivity contribution in [2.45, 2.75) is 19.9 Å². The standard InChI is InChI=1S/C18H19Br2N3O3/c1-3-26-15-6-4-14(5-7-15)22-11(2)18(25)23-21-10-12-8-13(19)9-16(20)17(12)24/h4-11,22,24H,3H2,1-2H3,(H,23,25)/t11-/m0/s1. The smallest absolute Gasteiger partial charge is 0.262 e. The van der Waals surface area contributed by atoms with E-state index in [2.05, 4.69) is 47.7 Å². The summed E-state index contributed by atoms with van der Waals surface area (Å²) in [4.78, 5) is 12.1. The van der Waals surface area contributed by atoms with Crippen LogP contribution in [0.15, 0.2) is 50.4 Å². The van der Waals surface area contributed by atoms with Gasteiger partial charge in [-0.15, -0.1) is 0 Å². The zero-order chi connectivity index (χ0) is 19.1. The summed E-state index contributed by atoms with van der Waals surface area (Å²) in [6.07, 6.45) is 1.38. The van der Waals surface area contributed by atoms with Gasteiger partial charge in [-0.25, -0.2) is 5.43 Å². The van der Waals surface area contributed by atoms with Gasteiger partial charge in [-0.1, -0.05) is 15.9 Å². The summed E-state index contributed by atoms with van der Waals surface area (Å²) in [6, 6.07) is 10.3. The molecule has 8 heteroatoms. The van der Waals surface area contributed by atoms with Crippen molar-refractivity contribution < 1.29 is 14.6 Å². The van der Waals surface area contributed by atoms with Crippen LogP contribution in [0.3, 0.4) is 0 Å². The molecule has 0 fully saturated rings. The molecule has 1 atom stereocenters. The maximum absolute atomic E-state index is 12.1. The Hall–Kier alpha value is -2.06. The molecule has 3 N–H and O–H groups in total. The molecule has 6 nitrogen and oxygen atoms in total. The summed E-state index contributed by atoms with van der Waals surface area (Å²) < 4.78 is 6.69. The number of halogens is 2. The molecular weight excluding hydrogens is 466 g/mol. The number of hydrogen-bond acceptors (Lipinski definition) is 5. The fourth-order valence-corrected chi connectivity index (χ4v) is 3.33. The van der Waals surface area contributed by atoms with E-state index >= 15 is 0 Å². The number of hydrazone groups is 1. The summed E-state index contributed by atoms with van der Waals surface area (Å²) in [6.45, 7) is 4.26. The van der Waals surface area contributed by atoms with Crippen molar-refractivity contribution in [3.63, 3.8) is 0 Å². The number of hydrogen-bond donors (Lipinski definition) is 3. The van der Waals surface area contributed by atoms with Crippen molar-refractivity contribution in [2.24, 2.45) is 5.10 Å². The minimum absolute atomic E-state index is 0.0479. The van der Waals surface area contributed by atoms with Crippen molar-refractivity contribution in [1.29, 1.82) is 0 Å². The van der Waals surface area contributed by atoms with E-state index in [9.17, 15) is 9.90 Å². The predicted octanol–water partition coefficient (Wildman–Crippen LogP) is 4.27. The Kier molecular flexibility index (Phi) is 7.47. The van der Waals surface area contributed by atoms with E-state index in [1.165, 1.54) is 6.21 Å². The van der Waals surface area contributed by atoms with Gasteiger partial charge in [0.1, 0.15) is 17.5 Å². The average molecular weight is 485 g/mol. The highest BCUT2D eigenvalue weighted by molar-refractivity contribution is 9.11. The fraction of sp³-hybridized carbons (Fsp3) is 0.222. The summed E-state index contributed by atoms with van der Waals surface area (Å²) in [5, 5.41) is 16.9. The van der Waals surface area contributed by atoms with Crippen LogP contribution in [0, 0.1) is 0 Å². The quantitative estimate of drug-likeness (QED) is 0.405. The van der Waals surface area contributed by atoms with Gasteiger partial charge in [0.25, 0.3) is 5.91 Å². The van der Waals surface area contributed by atoms with Gasteiger partial charge in [0.05, 0.1) is 17.3 Å². The number of nitrogens with zero attached hydrogens (tertiary/aromatic N) is 1. The largest absolute Gasteiger partial charge is 0.506 e. The van der Waals surface area contributed by atoms with Gasteiger partial charge in [0.2, 0.25) is 0 Å². The first-order chi connectivity index (χ1) is 12.4. The number of anilines is 1. The van der Waals surface area contributed by atoms with Crippen LogP contribution in [-0.2, 0) is 4.79 Å². The fourth-order valence-electron chi connectivity index (χ4n) is 2.08. The van der Waals surface area contributed by atoms with Crippen LogP contribution < -0.4 is 15.5 Å². The number of aromatic hydroxyl groups is 1. The number of nitrogens with one attached hydrogen (secondary N) is 2. The van der Waals surface area contributed by atoms with Crippen LogP contribution in [-0.4, -0.2) is 29.9 Å². The normalized spacial score (nSPS) is 12.0. The van der Waals surface area contributed by atoms with Gasteiger partial charge in [-0.3, -0.25) is 4.79 Å². The number of carbonyl (C=O) groups is 1. The predicted molar refractivity (Wildman–Crippen MR) is 110 cm³/mol. The molecule has 0 heterocycles. The van der Waals surface area contributed by atoms with Crippen molar-refractivity contribution in [1.82, 2.24) is 5.43 Å². The van der Waals surface area contributed by atoms with E-state index in [-0.39, 0.29) is 11.7 Å². The van der Waals surface area contributed by atoms with Gasteiger partial charge in [-0.2, -0.15) is 5.10 Å². The van der Waals surface area contributed by atoms with E-state index in [1.807, 2.05) is 31.2 Å². The highest BCUT2D eigenvalue weighted by Gasteiger charge is 2.12. The van der Waals surface area contributed by atoms with Gasteiger partial charge >= 0.3 is 0 Å². The molecule has 2 rings (SSSR count). The average Bonchev–Trinajstić information content (AvgIpc) is 2.60. The maximum Gasteiger partial charge on any atom is 0.262 e. The SMILES string of the molecule is CCOc1ccc(N[C@@H](C)C(=O)NN=Cc2cc(Br)cc(Br)c2O)cc1. The molecule has 0 aliphatic carbocycles. The number of phenols is 1. The number of carbonyl (C=O) groups excluding carboxylic acids is 1. The number of phenolic OH excluding ortho intramolecular Hbond substituents is 1. The lowest BCUT2D eigenvalue weighted by Crippen LogP contribution is -2.34. The van der Waals surface area contributed by atoms with Crippen LogP contribution >= 0.6 is 31.9 Å². The number of rotatable bonds is 7. The van der Waals surface area contributed by atoms with Crippen LogP contribution in [0.25, 0.3) is 0 Å². The lowest BCUT2D eigenvalue weighted by molar-refractivity contribution is -0.121. The maximum atomic E-state index is 12.1. The monoisotopic (exact) mass is 483 g/mol. The molecule has 0 aliphatic heterocycles. The van der Waals surface area contributed by atoms with Crippen molar-refractivity contribution >= 4 is 49.7 Å². The highest BCUT2D eigenvalue weighted by Crippen LogP contribution is 2.30. The summed E-state index contributed by atoms with van der Waals surface area (Å²) in [7, 11) is 0. The first kappa shape index (κ1) is 20.3. The Morgan fingerprint density at radius 3 is 2.65 bits per heavy atom. The molecule has 1 amide bonds. The van der Waals surface area contributed by atoms with Crippen LogP contribution in [0.2, 0.25) is 0 Å². The van der Waals surface area contributed by atoms with Crippen LogP contribution in [0.1, 0.15) is 19.4 Å². The summed E-state index contributed by atoms with van der Waals surface area (Å²) >= 11 is 6.58. The molecule has 0 spiro atoms. The van der Waals surface area contributed by atoms with E-state index in [0.29, 0.717) is 16.6 Å². The topological polar surface area (TPSA) is 83.0 Å². The first-order valence-electron chi connectivity index (χ1n) is 7.91. The number of benzene rings is 2. The molecule has 0 unspecified atom stereocenters. The molecule has 0 bridgehead atoms. The second kappa shape index (κ2) is 9.59. The zero-order valence-corrected chi connectivity index (χ0v) is 17.5. The van der Waals surface area contributed by atoms with Crippen LogP contribution in [0.4, 0.5) is 5.69 Å². The van der Waals surface area contributed by atoms with Gasteiger partial charge in [0, 0.05) is 15.7 Å². The highest BCUT2D eigenvalue weighted by atomic mass is 79.9. The molecule has 0 radical (unpaired) electrons. The van der Waals surface area contributed by atoms with E-state index in [0.717, 1.165) is 15.9 Å². The third-order valence-electron chi connectivity index (χ3n) is 3.38. The second-order valence-electron chi connectivity index (χ2n) is 5.38. The van der Waals surface area contributed by atoms with Crippen molar-refractivity contribution in [2.75, 3.05) is 11.9 Å². The van der Waals surface area contributed by atoms with Crippen LogP contribution in [0.5, 0.6) is 11.5 Å². The van der Waals surface area contributed by atoms with E-state index < -0.39 is 6.04 Å². The third-order valence-corrected chi connectivity index (χ3v) is 4.44. The molecule has 0 aliphatic rings. The first-order valence-corrected chi connectivity index (χ1v) is 9.49. The van der Waals surface area contributed by atoms with Gasteiger partial charge in [-0.05, 0) is 66.2 Å². The Morgan fingerprint density at radius 2 is 2.00 bits per heavy atom. The summed E-state index contributed by atoms with van der Waals surface area (Å²) in [5.41, 5.74) is 3.72. The molecule has 2 aromatic rings. The molecule has 2 aromatic carbocycles. The molecule has 26 heavy (non-hydrogen) atoms. The van der Waals surface area contributed by atoms with E-state index in [4.69, 9.17) is 4.74 Å². The number of ether oxygens (including phenoxy) is 1. The molecule has 138 valence electrons. The molecular formula is C18H19Br2N3O3. The van der Waals surface area contributed by atoms with Crippen molar-refractivity contribution in [3.05, 3.63) is 50.9 Å². The third kappa shape index (κ3) is 5.74. The molecule has 0 saturated heterocycles. The Labute approximate surface area is 168 Å². The lowest BCUT2D eigenvalue weighted by Gasteiger charge is -2.14. The Bertz CT molecular complexity index is 795. The molecule has 0 aromatic heterocycles. The Morgan fingerprint density at radius 1 is 1.31 bits per heavy atom. The van der Waals surface area contributed by atoms with Gasteiger partial charge in [0.15, 0.2) is 0 Å². The van der Waals surface area contributed by atoms with Crippen molar-refractivity contribution in [3.8, 4) is 11.5 Å². The lowest BCUT2D eigenvalue weighted by atomic mass is 10.2. The minimum atomic E-state index is -0.493. The second-order valence-corrected chi connectivity index (χ2v) is 7.15. The van der Waals surface area contributed by atoms with E-state index in [1.54, 1.807) is 19.1 Å². The minimum Gasteiger partial charge on any atom is -0.506 e.